The molecule has 0 aliphatic carbocycles. The highest BCUT2D eigenvalue weighted by Crippen LogP contribution is 2.24. The standard InChI is InChI=1S/C11H20N2O4/c12-6-8-11(16)10(15)7(17-8)5-9(14)13-3-1-2-4-13/h7-8,10-11,15-16H,1-6,12H2. The van der Waals surface area contributed by atoms with E-state index in [0.717, 1.165) is 25.9 Å². The molecule has 0 aromatic rings. The summed E-state index contributed by atoms with van der Waals surface area (Å²) in [5.41, 5.74) is 5.41. The van der Waals surface area contributed by atoms with E-state index in [2.05, 4.69) is 0 Å². The fraction of sp³-hybridized carbons (Fsp3) is 0.909. The van der Waals surface area contributed by atoms with Crippen molar-refractivity contribution in [1.82, 2.24) is 4.90 Å². The third-order valence-electron chi connectivity index (χ3n) is 3.53. The van der Waals surface area contributed by atoms with Gasteiger partial charge in [0.25, 0.3) is 0 Å². The second-order valence-corrected chi connectivity index (χ2v) is 4.72. The second kappa shape index (κ2) is 5.30. The number of hydrogen-bond acceptors (Lipinski definition) is 5. The van der Waals surface area contributed by atoms with Crippen LogP contribution in [0.3, 0.4) is 0 Å². The van der Waals surface area contributed by atoms with Crippen molar-refractivity contribution in [3.05, 3.63) is 0 Å². The van der Waals surface area contributed by atoms with Gasteiger partial charge < -0.3 is 25.6 Å². The molecule has 0 bridgehead atoms. The molecule has 2 saturated heterocycles. The molecular weight excluding hydrogens is 224 g/mol. The van der Waals surface area contributed by atoms with Gasteiger partial charge in [-0.25, -0.2) is 0 Å². The van der Waals surface area contributed by atoms with Gasteiger partial charge in [-0.3, -0.25) is 4.79 Å². The maximum Gasteiger partial charge on any atom is 0.225 e. The number of rotatable bonds is 3. The molecule has 0 aromatic carbocycles. The van der Waals surface area contributed by atoms with E-state index in [-0.39, 0.29) is 18.9 Å². The summed E-state index contributed by atoms with van der Waals surface area (Å²) in [7, 11) is 0. The Hall–Kier alpha value is -0.690. The summed E-state index contributed by atoms with van der Waals surface area (Å²) in [6, 6.07) is 0. The van der Waals surface area contributed by atoms with Crippen molar-refractivity contribution in [2.24, 2.45) is 5.73 Å². The van der Waals surface area contributed by atoms with Crippen molar-refractivity contribution in [2.45, 2.75) is 43.7 Å². The van der Waals surface area contributed by atoms with E-state index >= 15 is 0 Å². The summed E-state index contributed by atoms with van der Waals surface area (Å²) in [6.07, 6.45) is -1.02. The van der Waals surface area contributed by atoms with Crippen LogP contribution in [0.1, 0.15) is 19.3 Å². The van der Waals surface area contributed by atoms with Crippen LogP contribution in [0.4, 0.5) is 0 Å². The van der Waals surface area contributed by atoms with Crippen LogP contribution in [0.2, 0.25) is 0 Å². The second-order valence-electron chi connectivity index (χ2n) is 4.72. The Kier molecular flexibility index (Phi) is 3.98. The van der Waals surface area contributed by atoms with Crippen molar-refractivity contribution in [3.8, 4) is 0 Å². The van der Waals surface area contributed by atoms with Crippen LogP contribution in [0, 0.1) is 0 Å². The molecule has 2 aliphatic heterocycles. The van der Waals surface area contributed by atoms with E-state index in [4.69, 9.17) is 10.5 Å². The van der Waals surface area contributed by atoms with Crippen molar-refractivity contribution in [2.75, 3.05) is 19.6 Å². The zero-order valence-corrected chi connectivity index (χ0v) is 9.79. The summed E-state index contributed by atoms with van der Waals surface area (Å²) in [5, 5.41) is 19.4. The Morgan fingerprint density at radius 2 is 1.82 bits per heavy atom. The maximum absolute atomic E-state index is 11.9. The Balaban J connectivity index is 1.88. The van der Waals surface area contributed by atoms with Gasteiger partial charge in [0.1, 0.15) is 12.2 Å². The third-order valence-corrected chi connectivity index (χ3v) is 3.53. The molecule has 6 nitrogen and oxygen atoms in total. The molecule has 2 heterocycles. The van der Waals surface area contributed by atoms with E-state index < -0.39 is 24.4 Å². The van der Waals surface area contributed by atoms with Crippen molar-refractivity contribution >= 4 is 5.91 Å². The van der Waals surface area contributed by atoms with Gasteiger partial charge in [-0.2, -0.15) is 0 Å². The third kappa shape index (κ3) is 2.60. The van der Waals surface area contributed by atoms with E-state index in [9.17, 15) is 15.0 Å². The van der Waals surface area contributed by atoms with Crippen molar-refractivity contribution in [3.63, 3.8) is 0 Å². The van der Waals surface area contributed by atoms with Gasteiger partial charge in [0.05, 0.1) is 18.6 Å². The Morgan fingerprint density at radius 3 is 2.35 bits per heavy atom. The molecule has 6 heteroatoms. The first-order valence-corrected chi connectivity index (χ1v) is 6.13. The number of nitrogens with zero attached hydrogens (tertiary/aromatic N) is 1. The smallest absolute Gasteiger partial charge is 0.225 e. The Bertz CT molecular complexity index is 281. The largest absolute Gasteiger partial charge is 0.388 e. The molecule has 0 spiro atoms. The predicted octanol–water partition coefficient (Wildman–Crippen LogP) is -1.55. The van der Waals surface area contributed by atoms with Gasteiger partial charge in [0.15, 0.2) is 0 Å². The fourth-order valence-electron chi connectivity index (χ4n) is 2.46. The number of carbonyl (C=O) groups excluding carboxylic acids is 1. The van der Waals surface area contributed by atoms with E-state index in [1.54, 1.807) is 4.90 Å². The van der Waals surface area contributed by atoms with Crippen molar-refractivity contribution < 1.29 is 19.7 Å². The number of aliphatic hydroxyl groups is 2. The maximum atomic E-state index is 11.9. The highest BCUT2D eigenvalue weighted by molar-refractivity contribution is 5.77. The molecule has 4 N–H and O–H groups in total. The first-order chi connectivity index (χ1) is 8.13. The first kappa shape index (κ1) is 12.8. The Labute approximate surface area is 100 Å². The van der Waals surface area contributed by atoms with Gasteiger partial charge in [-0.15, -0.1) is 0 Å². The molecule has 0 saturated carbocycles. The van der Waals surface area contributed by atoms with Crippen LogP contribution in [0.15, 0.2) is 0 Å². The molecule has 17 heavy (non-hydrogen) atoms. The van der Waals surface area contributed by atoms with Crippen LogP contribution >= 0.6 is 0 Å². The first-order valence-electron chi connectivity index (χ1n) is 6.13. The predicted molar refractivity (Wildman–Crippen MR) is 60.2 cm³/mol. The van der Waals surface area contributed by atoms with Gasteiger partial charge in [0.2, 0.25) is 5.91 Å². The number of hydrogen-bond donors (Lipinski definition) is 3. The number of ether oxygens (including phenoxy) is 1. The number of amides is 1. The molecule has 4 unspecified atom stereocenters. The van der Waals surface area contributed by atoms with E-state index in [1.165, 1.54) is 0 Å². The van der Waals surface area contributed by atoms with Crippen LogP contribution in [-0.2, 0) is 9.53 Å². The summed E-state index contributed by atoms with van der Waals surface area (Å²) in [4.78, 5) is 13.6. The van der Waals surface area contributed by atoms with Crippen molar-refractivity contribution in [1.29, 1.82) is 0 Å². The minimum Gasteiger partial charge on any atom is -0.388 e. The van der Waals surface area contributed by atoms with Crippen LogP contribution in [0.5, 0.6) is 0 Å². The van der Waals surface area contributed by atoms with Crippen LogP contribution < -0.4 is 5.73 Å². The number of carbonyl (C=O) groups is 1. The lowest BCUT2D eigenvalue weighted by atomic mass is 10.1. The van der Waals surface area contributed by atoms with E-state index in [0.29, 0.717) is 0 Å². The molecule has 1 amide bonds. The Morgan fingerprint density at radius 1 is 1.24 bits per heavy atom. The molecule has 0 radical (unpaired) electrons. The summed E-state index contributed by atoms with van der Waals surface area (Å²) in [6.45, 7) is 1.71. The lowest BCUT2D eigenvalue weighted by molar-refractivity contribution is -0.134. The minimum atomic E-state index is -1.02. The van der Waals surface area contributed by atoms with Crippen LogP contribution in [-0.4, -0.2) is 65.1 Å². The SMILES string of the molecule is NCC1OC(CC(=O)N2CCCC2)C(O)C1O. The van der Waals surface area contributed by atoms with E-state index in [1.807, 2.05) is 0 Å². The monoisotopic (exact) mass is 244 g/mol. The molecule has 0 aromatic heterocycles. The zero-order chi connectivity index (χ0) is 12.4. The highest BCUT2D eigenvalue weighted by atomic mass is 16.5. The lowest BCUT2D eigenvalue weighted by Gasteiger charge is -2.19. The average Bonchev–Trinajstić information content (AvgIpc) is 2.93. The normalized spacial score (nSPS) is 37.7. The number of aliphatic hydroxyl groups excluding tert-OH is 2. The van der Waals surface area contributed by atoms with Gasteiger partial charge in [-0.05, 0) is 12.8 Å². The topological polar surface area (TPSA) is 96.0 Å². The molecule has 98 valence electrons. The number of nitrogens with two attached hydrogens (primary N) is 1. The number of likely N-dealkylation sites (tertiary alicyclic amines) is 1. The zero-order valence-electron chi connectivity index (χ0n) is 9.79. The minimum absolute atomic E-state index is 0.0172. The van der Waals surface area contributed by atoms with Crippen LogP contribution in [0.25, 0.3) is 0 Å². The summed E-state index contributed by atoms with van der Waals surface area (Å²) in [5.74, 6) is -0.0172. The summed E-state index contributed by atoms with van der Waals surface area (Å²) < 4.78 is 5.39. The fourth-order valence-corrected chi connectivity index (χ4v) is 2.46. The average molecular weight is 244 g/mol. The molecule has 4 atom stereocenters. The van der Waals surface area contributed by atoms with Gasteiger partial charge >= 0.3 is 0 Å². The van der Waals surface area contributed by atoms with Gasteiger partial charge in [-0.1, -0.05) is 0 Å². The molecule has 2 aliphatic rings. The highest BCUT2D eigenvalue weighted by Gasteiger charge is 2.43. The molecular formula is C11H20N2O4. The lowest BCUT2D eigenvalue weighted by Crippen LogP contribution is -2.37. The summed E-state index contributed by atoms with van der Waals surface area (Å²) >= 11 is 0. The quantitative estimate of drug-likeness (QED) is 0.558. The molecule has 2 rings (SSSR count). The van der Waals surface area contributed by atoms with Gasteiger partial charge in [0, 0.05) is 19.6 Å². The molecule has 2 fully saturated rings.